The molecule has 0 fully saturated rings. The Hall–Kier alpha value is -0.620. The Morgan fingerprint density at radius 3 is 2.61 bits per heavy atom. The summed E-state index contributed by atoms with van der Waals surface area (Å²) < 4.78 is 23.2. The first-order valence-electron chi connectivity index (χ1n) is 5.64. The largest absolute Gasteiger partial charge is 0.301 e. The van der Waals surface area contributed by atoms with Crippen LogP contribution in [0.15, 0.2) is 23.1 Å². The number of hydroxylamine groups is 1. The maximum atomic E-state index is 11.6. The highest BCUT2D eigenvalue weighted by Gasteiger charge is 2.15. The van der Waals surface area contributed by atoms with Crippen LogP contribution in [0.25, 0.3) is 0 Å². The number of hydrogen-bond donors (Lipinski definition) is 1. The molecule has 6 heteroatoms. The summed E-state index contributed by atoms with van der Waals surface area (Å²) >= 11 is 6.02. The molecule has 0 amide bonds. The molecule has 0 saturated carbocycles. The fourth-order valence-electron chi connectivity index (χ4n) is 1.41. The Labute approximate surface area is 113 Å². The summed E-state index contributed by atoms with van der Waals surface area (Å²) in [5, 5.41) is 0.415. The molecule has 1 aromatic carbocycles. The molecule has 0 saturated heterocycles. The Morgan fingerprint density at radius 1 is 1.39 bits per heavy atom. The van der Waals surface area contributed by atoms with Gasteiger partial charge in [0.15, 0.2) is 9.84 Å². The van der Waals surface area contributed by atoms with Gasteiger partial charge in [0.2, 0.25) is 0 Å². The van der Waals surface area contributed by atoms with Crippen molar-refractivity contribution in [2.75, 3.05) is 12.9 Å². The van der Waals surface area contributed by atoms with E-state index in [4.69, 9.17) is 16.4 Å². The SMILES string of the molecule is CC(C)CONCc1c(Cl)cccc1S(C)(=O)=O. The molecule has 0 bridgehead atoms. The normalized spacial score (nSPS) is 12.1. The first-order chi connectivity index (χ1) is 8.32. The van der Waals surface area contributed by atoms with Gasteiger partial charge in [-0.25, -0.2) is 8.42 Å². The number of nitrogens with one attached hydrogen (secondary N) is 1. The van der Waals surface area contributed by atoms with Crippen LogP contribution in [0.3, 0.4) is 0 Å². The zero-order chi connectivity index (χ0) is 13.8. The molecule has 0 aliphatic rings. The predicted molar refractivity (Wildman–Crippen MR) is 72.2 cm³/mol. The standard InChI is InChI=1S/C12H18ClNO3S/c1-9(2)8-17-14-7-10-11(13)5-4-6-12(10)18(3,15)16/h4-6,9,14H,7-8H2,1-3H3. The molecule has 4 nitrogen and oxygen atoms in total. The van der Waals surface area contributed by atoms with E-state index in [2.05, 4.69) is 5.48 Å². The fraction of sp³-hybridized carbons (Fsp3) is 0.500. The van der Waals surface area contributed by atoms with Crippen molar-refractivity contribution < 1.29 is 13.3 Å². The smallest absolute Gasteiger partial charge is 0.175 e. The van der Waals surface area contributed by atoms with E-state index in [9.17, 15) is 8.42 Å². The minimum Gasteiger partial charge on any atom is -0.301 e. The van der Waals surface area contributed by atoms with Crippen LogP contribution in [0.1, 0.15) is 19.4 Å². The van der Waals surface area contributed by atoms with E-state index < -0.39 is 9.84 Å². The molecule has 0 heterocycles. The summed E-state index contributed by atoms with van der Waals surface area (Å²) in [6, 6.07) is 4.83. The molecule has 1 aromatic rings. The van der Waals surface area contributed by atoms with Crippen LogP contribution in [0.4, 0.5) is 0 Å². The molecule has 0 aromatic heterocycles. The Kier molecular flexibility index (Phi) is 5.59. The van der Waals surface area contributed by atoms with Gasteiger partial charge in [-0.15, -0.1) is 0 Å². The first kappa shape index (κ1) is 15.4. The average molecular weight is 292 g/mol. The maximum absolute atomic E-state index is 11.6. The lowest BCUT2D eigenvalue weighted by Gasteiger charge is -2.12. The second kappa shape index (κ2) is 6.52. The van der Waals surface area contributed by atoms with Crippen molar-refractivity contribution in [2.45, 2.75) is 25.3 Å². The zero-order valence-electron chi connectivity index (χ0n) is 10.7. The summed E-state index contributed by atoms with van der Waals surface area (Å²) in [5.74, 6) is 0.401. The molecule has 0 radical (unpaired) electrons. The first-order valence-corrected chi connectivity index (χ1v) is 7.91. The molecular weight excluding hydrogens is 274 g/mol. The van der Waals surface area contributed by atoms with Crippen LogP contribution >= 0.6 is 11.6 Å². The van der Waals surface area contributed by atoms with Crippen molar-refractivity contribution >= 4 is 21.4 Å². The van der Waals surface area contributed by atoms with Crippen molar-refractivity contribution in [1.29, 1.82) is 0 Å². The molecule has 1 rings (SSSR count). The fourth-order valence-corrected chi connectivity index (χ4v) is 2.66. The van der Waals surface area contributed by atoms with Crippen LogP contribution in [0.5, 0.6) is 0 Å². The summed E-state index contributed by atoms with van der Waals surface area (Å²) in [4.78, 5) is 5.45. The van der Waals surface area contributed by atoms with E-state index in [-0.39, 0.29) is 11.4 Å². The molecule has 0 unspecified atom stereocenters. The van der Waals surface area contributed by atoms with Gasteiger partial charge >= 0.3 is 0 Å². The third-order valence-electron chi connectivity index (χ3n) is 2.24. The Balaban J connectivity index is 2.81. The molecule has 0 aliphatic carbocycles. The van der Waals surface area contributed by atoms with Gasteiger partial charge in [-0.2, -0.15) is 5.48 Å². The maximum Gasteiger partial charge on any atom is 0.175 e. The summed E-state index contributed by atoms with van der Waals surface area (Å²) in [5.41, 5.74) is 3.27. The molecule has 0 atom stereocenters. The van der Waals surface area contributed by atoms with Gasteiger partial charge in [0, 0.05) is 23.4 Å². The lowest BCUT2D eigenvalue weighted by Crippen LogP contribution is -2.19. The van der Waals surface area contributed by atoms with Gasteiger partial charge < -0.3 is 4.84 Å². The van der Waals surface area contributed by atoms with Gasteiger partial charge in [-0.3, -0.25) is 0 Å². The van der Waals surface area contributed by atoms with Gasteiger partial charge in [-0.05, 0) is 18.1 Å². The van der Waals surface area contributed by atoms with Crippen LogP contribution < -0.4 is 5.48 Å². The molecule has 18 heavy (non-hydrogen) atoms. The number of sulfone groups is 1. The minimum absolute atomic E-state index is 0.232. The van der Waals surface area contributed by atoms with E-state index >= 15 is 0 Å². The molecule has 102 valence electrons. The highest BCUT2D eigenvalue weighted by molar-refractivity contribution is 7.90. The van der Waals surface area contributed by atoms with Gasteiger partial charge in [0.1, 0.15) is 0 Å². The minimum atomic E-state index is -3.29. The van der Waals surface area contributed by atoms with Crippen LogP contribution in [0.2, 0.25) is 5.02 Å². The quantitative estimate of drug-likeness (QED) is 0.646. The highest BCUT2D eigenvalue weighted by atomic mass is 35.5. The topological polar surface area (TPSA) is 55.4 Å². The van der Waals surface area contributed by atoms with Gasteiger partial charge in [-0.1, -0.05) is 31.5 Å². The van der Waals surface area contributed by atoms with Crippen molar-refractivity contribution in [3.8, 4) is 0 Å². The van der Waals surface area contributed by atoms with Crippen LogP contribution in [-0.4, -0.2) is 21.3 Å². The van der Waals surface area contributed by atoms with Crippen LogP contribution in [0, 0.1) is 5.92 Å². The zero-order valence-corrected chi connectivity index (χ0v) is 12.3. The highest BCUT2D eigenvalue weighted by Crippen LogP contribution is 2.23. The molecule has 0 spiro atoms. The van der Waals surface area contributed by atoms with E-state index in [1.54, 1.807) is 18.2 Å². The van der Waals surface area contributed by atoms with E-state index in [0.29, 0.717) is 23.1 Å². The van der Waals surface area contributed by atoms with E-state index in [1.165, 1.54) is 0 Å². The van der Waals surface area contributed by atoms with Gasteiger partial charge in [0.05, 0.1) is 11.5 Å². The summed E-state index contributed by atoms with van der Waals surface area (Å²) in [6.45, 7) is 4.87. The Morgan fingerprint density at radius 2 is 2.06 bits per heavy atom. The van der Waals surface area contributed by atoms with Gasteiger partial charge in [0.25, 0.3) is 0 Å². The monoisotopic (exact) mass is 291 g/mol. The third kappa shape index (κ3) is 4.57. The number of rotatable bonds is 6. The van der Waals surface area contributed by atoms with E-state index in [1.807, 2.05) is 13.8 Å². The predicted octanol–water partition coefficient (Wildman–Crippen LogP) is 2.42. The number of benzene rings is 1. The Bertz CT molecular complexity index is 500. The van der Waals surface area contributed by atoms with Crippen molar-refractivity contribution in [3.63, 3.8) is 0 Å². The lowest BCUT2D eigenvalue weighted by molar-refractivity contribution is 0.0193. The van der Waals surface area contributed by atoms with Crippen LogP contribution in [-0.2, 0) is 21.2 Å². The molecule has 0 aliphatic heterocycles. The van der Waals surface area contributed by atoms with Crippen molar-refractivity contribution in [1.82, 2.24) is 5.48 Å². The van der Waals surface area contributed by atoms with Crippen molar-refractivity contribution in [3.05, 3.63) is 28.8 Å². The second-order valence-corrected chi connectivity index (χ2v) is 6.91. The molecular formula is C12H18ClNO3S. The number of hydrogen-bond acceptors (Lipinski definition) is 4. The average Bonchev–Trinajstić information content (AvgIpc) is 2.24. The lowest BCUT2D eigenvalue weighted by atomic mass is 10.2. The second-order valence-electron chi connectivity index (χ2n) is 4.51. The molecule has 1 N–H and O–H groups in total. The van der Waals surface area contributed by atoms with E-state index in [0.717, 1.165) is 6.26 Å². The summed E-state index contributed by atoms with van der Waals surface area (Å²) in [6.07, 6.45) is 1.16. The summed E-state index contributed by atoms with van der Waals surface area (Å²) in [7, 11) is -3.29. The third-order valence-corrected chi connectivity index (χ3v) is 3.78. The number of halogens is 1. The van der Waals surface area contributed by atoms with Crippen molar-refractivity contribution in [2.24, 2.45) is 5.92 Å².